The fraction of sp³-hybridized carbons (Fsp3) is 0.429. The minimum atomic E-state index is -0.0573. The van der Waals surface area contributed by atoms with Crippen LogP contribution in [0.15, 0.2) is 17.8 Å². The maximum Gasteiger partial charge on any atom is 0.179 e. The van der Waals surface area contributed by atoms with Gasteiger partial charge in [-0.1, -0.05) is 0 Å². The molecule has 1 aliphatic rings. The lowest BCUT2D eigenvalue weighted by Gasteiger charge is -2.16. The highest BCUT2D eigenvalue weighted by atomic mass is 32.1. The molecule has 4 rings (SSSR count). The number of ether oxygens (including phenoxy) is 1. The van der Waals surface area contributed by atoms with Crippen molar-refractivity contribution in [1.82, 2.24) is 25.1 Å². The minimum Gasteiger partial charge on any atom is -0.370 e. The number of nitrogens with one attached hydrogen (secondary N) is 2. The fourth-order valence-electron chi connectivity index (χ4n) is 2.76. The molecule has 4 heterocycles. The molecule has 0 aromatic carbocycles. The number of hydrogen-bond donors (Lipinski definition) is 2. The molecule has 3 aromatic rings. The smallest absolute Gasteiger partial charge is 0.179 e. The van der Waals surface area contributed by atoms with Gasteiger partial charge in [0.1, 0.15) is 24.1 Å². The van der Waals surface area contributed by atoms with Crippen LogP contribution in [0.5, 0.6) is 0 Å². The number of H-pyrrole nitrogens is 1. The molecule has 8 heteroatoms. The quantitative estimate of drug-likeness (QED) is 0.768. The lowest BCUT2D eigenvalue weighted by molar-refractivity contribution is 0.0863. The van der Waals surface area contributed by atoms with Crippen LogP contribution in [0.25, 0.3) is 10.2 Å². The molecule has 22 heavy (non-hydrogen) atoms. The Morgan fingerprint density at radius 2 is 2.41 bits per heavy atom. The number of thiophene rings is 1. The van der Waals surface area contributed by atoms with E-state index in [0.717, 1.165) is 47.3 Å². The largest absolute Gasteiger partial charge is 0.370 e. The van der Waals surface area contributed by atoms with Crippen LogP contribution >= 0.6 is 11.3 Å². The number of anilines is 1. The molecule has 0 radical (unpaired) electrons. The summed E-state index contributed by atoms with van der Waals surface area (Å²) in [5.41, 5.74) is 0.978. The van der Waals surface area contributed by atoms with Crippen LogP contribution in [-0.2, 0) is 4.74 Å². The third-order valence-corrected chi connectivity index (χ3v) is 4.77. The highest BCUT2D eigenvalue weighted by Gasteiger charge is 2.32. The van der Waals surface area contributed by atoms with Gasteiger partial charge in [-0.3, -0.25) is 5.10 Å². The monoisotopic (exact) mass is 316 g/mol. The number of nitrogens with zero attached hydrogens (tertiary/aromatic N) is 4. The third-order valence-electron chi connectivity index (χ3n) is 3.86. The second-order valence-electron chi connectivity index (χ2n) is 5.36. The van der Waals surface area contributed by atoms with E-state index in [1.807, 2.05) is 18.4 Å². The summed E-state index contributed by atoms with van der Waals surface area (Å²) in [6.45, 7) is 3.41. The normalized spacial score (nSPS) is 21.5. The first-order valence-corrected chi connectivity index (χ1v) is 8.12. The molecule has 0 saturated carbocycles. The Kier molecular flexibility index (Phi) is 3.47. The lowest BCUT2D eigenvalue weighted by atomic mass is 10.0. The van der Waals surface area contributed by atoms with Crippen molar-refractivity contribution >= 4 is 27.4 Å². The molecular formula is C14H16N6OS. The number of aryl methyl sites for hydroxylation is 1. The maximum atomic E-state index is 5.81. The van der Waals surface area contributed by atoms with E-state index in [-0.39, 0.29) is 6.10 Å². The molecule has 0 spiro atoms. The molecule has 0 amide bonds. The molecule has 114 valence electrons. The standard InChI is InChI=1S/C14H16N6OS/c1-8-18-13(20-19-8)11-9(2-4-21-11)6-15-14-12-10(3-5-22-12)16-7-17-14/h3,5,7,9,11H,2,4,6H2,1H3,(H,15,16,17)(H,18,19,20)/t9-,11-/m1/s1. The van der Waals surface area contributed by atoms with Crippen molar-refractivity contribution in [2.45, 2.75) is 19.4 Å². The summed E-state index contributed by atoms with van der Waals surface area (Å²) in [4.78, 5) is 13.0. The van der Waals surface area contributed by atoms with Crippen LogP contribution in [0.3, 0.4) is 0 Å². The van der Waals surface area contributed by atoms with Crippen molar-refractivity contribution in [3.05, 3.63) is 29.4 Å². The van der Waals surface area contributed by atoms with Crippen molar-refractivity contribution in [3.63, 3.8) is 0 Å². The summed E-state index contributed by atoms with van der Waals surface area (Å²) >= 11 is 1.65. The van der Waals surface area contributed by atoms with E-state index in [4.69, 9.17) is 4.74 Å². The van der Waals surface area contributed by atoms with E-state index < -0.39 is 0 Å². The van der Waals surface area contributed by atoms with Gasteiger partial charge >= 0.3 is 0 Å². The Balaban J connectivity index is 1.50. The molecule has 1 aliphatic heterocycles. The summed E-state index contributed by atoms with van der Waals surface area (Å²) in [7, 11) is 0. The molecule has 0 unspecified atom stereocenters. The van der Waals surface area contributed by atoms with E-state index in [1.54, 1.807) is 17.7 Å². The first-order chi connectivity index (χ1) is 10.8. The molecule has 0 aliphatic carbocycles. The Bertz CT molecular complexity index is 784. The van der Waals surface area contributed by atoms with E-state index in [1.165, 1.54) is 0 Å². The first-order valence-electron chi connectivity index (χ1n) is 7.24. The molecule has 2 atom stereocenters. The summed E-state index contributed by atoms with van der Waals surface area (Å²) in [6.07, 6.45) is 2.53. The molecule has 3 aromatic heterocycles. The van der Waals surface area contributed by atoms with Crippen LogP contribution in [0.2, 0.25) is 0 Å². The van der Waals surface area contributed by atoms with Gasteiger partial charge in [0.05, 0.1) is 10.2 Å². The topological polar surface area (TPSA) is 88.6 Å². The van der Waals surface area contributed by atoms with Gasteiger partial charge < -0.3 is 10.1 Å². The van der Waals surface area contributed by atoms with Crippen LogP contribution in [0.4, 0.5) is 5.82 Å². The Hall–Kier alpha value is -2.06. The second kappa shape index (κ2) is 5.62. The molecule has 1 fully saturated rings. The minimum absolute atomic E-state index is 0.0573. The van der Waals surface area contributed by atoms with Gasteiger partial charge in [-0.2, -0.15) is 5.10 Å². The molecular weight excluding hydrogens is 300 g/mol. The Morgan fingerprint density at radius 1 is 1.45 bits per heavy atom. The van der Waals surface area contributed by atoms with Gasteiger partial charge in [-0.05, 0) is 24.8 Å². The van der Waals surface area contributed by atoms with Crippen molar-refractivity contribution in [2.75, 3.05) is 18.5 Å². The predicted molar refractivity (Wildman–Crippen MR) is 83.8 cm³/mol. The van der Waals surface area contributed by atoms with E-state index in [0.29, 0.717) is 5.92 Å². The molecule has 0 bridgehead atoms. The van der Waals surface area contributed by atoms with Gasteiger partial charge in [0, 0.05) is 19.1 Å². The zero-order valence-electron chi connectivity index (χ0n) is 12.1. The van der Waals surface area contributed by atoms with Gasteiger partial charge in [0.15, 0.2) is 5.82 Å². The Morgan fingerprint density at radius 3 is 3.27 bits per heavy atom. The predicted octanol–water partition coefficient (Wildman–Crippen LogP) is 2.31. The van der Waals surface area contributed by atoms with Crippen LogP contribution in [0, 0.1) is 12.8 Å². The summed E-state index contributed by atoms with van der Waals surface area (Å²) in [6, 6.07) is 2.00. The zero-order chi connectivity index (χ0) is 14.9. The van der Waals surface area contributed by atoms with E-state index in [9.17, 15) is 0 Å². The highest BCUT2D eigenvalue weighted by Crippen LogP contribution is 2.33. The number of hydrogen-bond acceptors (Lipinski definition) is 7. The second-order valence-corrected chi connectivity index (χ2v) is 6.27. The van der Waals surface area contributed by atoms with Gasteiger partial charge in [-0.15, -0.1) is 11.3 Å². The summed E-state index contributed by atoms with van der Waals surface area (Å²) < 4.78 is 6.90. The summed E-state index contributed by atoms with van der Waals surface area (Å²) in [5, 5.41) is 12.6. The number of aromatic amines is 1. The summed E-state index contributed by atoms with van der Waals surface area (Å²) in [5.74, 6) is 2.77. The van der Waals surface area contributed by atoms with Crippen molar-refractivity contribution in [1.29, 1.82) is 0 Å². The van der Waals surface area contributed by atoms with E-state index >= 15 is 0 Å². The molecule has 7 nitrogen and oxygen atoms in total. The maximum absolute atomic E-state index is 5.81. The van der Waals surface area contributed by atoms with Crippen molar-refractivity contribution in [3.8, 4) is 0 Å². The number of aromatic nitrogens is 5. The van der Waals surface area contributed by atoms with Crippen molar-refractivity contribution < 1.29 is 4.74 Å². The molecule has 1 saturated heterocycles. The lowest BCUT2D eigenvalue weighted by Crippen LogP contribution is -2.19. The molecule has 2 N–H and O–H groups in total. The van der Waals surface area contributed by atoms with Gasteiger partial charge in [0.2, 0.25) is 0 Å². The first kappa shape index (κ1) is 13.6. The SMILES string of the molecule is Cc1nc([C@@H]2OCC[C@@H]2CNc2ncnc3ccsc23)n[nH]1. The zero-order valence-corrected chi connectivity index (χ0v) is 12.9. The average Bonchev–Trinajstić information content (AvgIpc) is 3.24. The van der Waals surface area contributed by atoms with E-state index in [2.05, 4.69) is 30.5 Å². The van der Waals surface area contributed by atoms with Gasteiger partial charge in [0.25, 0.3) is 0 Å². The van der Waals surface area contributed by atoms with Gasteiger partial charge in [-0.25, -0.2) is 15.0 Å². The van der Waals surface area contributed by atoms with Crippen LogP contribution in [0.1, 0.15) is 24.2 Å². The van der Waals surface area contributed by atoms with Crippen LogP contribution in [-0.4, -0.2) is 38.3 Å². The van der Waals surface area contributed by atoms with Crippen LogP contribution < -0.4 is 5.32 Å². The fourth-order valence-corrected chi connectivity index (χ4v) is 3.57. The number of rotatable bonds is 4. The third kappa shape index (κ3) is 2.44. The highest BCUT2D eigenvalue weighted by molar-refractivity contribution is 7.17. The average molecular weight is 316 g/mol. The number of fused-ring (bicyclic) bond motifs is 1. The van der Waals surface area contributed by atoms with Crippen molar-refractivity contribution in [2.24, 2.45) is 5.92 Å². The Labute approximate surface area is 131 Å².